The number of hydrogen-bond acceptors (Lipinski definition) is 7. The molecule has 3 aromatic rings. The third-order valence-electron chi connectivity index (χ3n) is 3.34. The van der Waals surface area contributed by atoms with Crippen LogP contribution in [0, 0.1) is 5.82 Å². The molecule has 3 rings (SSSR count). The standard InChI is InChI=1S/C16H14FN5O3/c1-24-15-12(8-19-16(20-15)25-2)13-3-4-14(23)22(21-13)9-10-5-11(17)7-18-6-10/h3-8H,9H2,1-2H3. The Kier molecular flexibility index (Phi) is 4.64. The summed E-state index contributed by atoms with van der Waals surface area (Å²) < 4.78 is 24.7. The average Bonchev–Trinajstić information content (AvgIpc) is 2.63. The van der Waals surface area contributed by atoms with Crippen molar-refractivity contribution in [2.75, 3.05) is 14.2 Å². The van der Waals surface area contributed by atoms with Crippen molar-refractivity contribution in [3.8, 4) is 23.1 Å². The van der Waals surface area contributed by atoms with Crippen molar-refractivity contribution >= 4 is 0 Å². The van der Waals surface area contributed by atoms with Gasteiger partial charge in [0.25, 0.3) is 5.56 Å². The minimum atomic E-state index is -0.480. The molecule has 3 heterocycles. The van der Waals surface area contributed by atoms with Crippen LogP contribution in [-0.2, 0) is 6.54 Å². The molecule has 8 nitrogen and oxygen atoms in total. The van der Waals surface area contributed by atoms with Gasteiger partial charge in [0.1, 0.15) is 5.82 Å². The van der Waals surface area contributed by atoms with Gasteiger partial charge in [0.05, 0.1) is 38.2 Å². The molecular formula is C16H14FN5O3. The average molecular weight is 343 g/mol. The predicted octanol–water partition coefficient (Wildman–Crippen LogP) is 1.30. The molecule has 0 fully saturated rings. The van der Waals surface area contributed by atoms with Crippen LogP contribution in [0.5, 0.6) is 11.9 Å². The summed E-state index contributed by atoms with van der Waals surface area (Å²) in [4.78, 5) is 23.9. The summed E-state index contributed by atoms with van der Waals surface area (Å²) in [6.07, 6.45) is 4.06. The number of nitrogens with zero attached hydrogens (tertiary/aromatic N) is 5. The van der Waals surface area contributed by atoms with E-state index >= 15 is 0 Å². The molecule has 0 spiro atoms. The predicted molar refractivity (Wildman–Crippen MR) is 85.9 cm³/mol. The number of aromatic nitrogens is 5. The summed E-state index contributed by atoms with van der Waals surface area (Å²) in [5, 5.41) is 4.28. The second kappa shape index (κ2) is 7.04. The Morgan fingerprint density at radius 1 is 1.16 bits per heavy atom. The highest BCUT2D eigenvalue weighted by Gasteiger charge is 2.13. The van der Waals surface area contributed by atoms with Gasteiger partial charge in [0.2, 0.25) is 5.88 Å². The molecule has 0 atom stereocenters. The zero-order valence-electron chi connectivity index (χ0n) is 13.5. The Balaban J connectivity index is 2.01. The van der Waals surface area contributed by atoms with Crippen molar-refractivity contribution in [1.29, 1.82) is 0 Å². The van der Waals surface area contributed by atoms with Crippen LogP contribution in [0.25, 0.3) is 11.3 Å². The van der Waals surface area contributed by atoms with Crippen molar-refractivity contribution in [1.82, 2.24) is 24.7 Å². The lowest BCUT2D eigenvalue weighted by Gasteiger charge is -2.10. The first-order valence-electron chi connectivity index (χ1n) is 7.23. The van der Waals surface area contributed by atoms with E-state index < -0.39 is 5.82 Å². The van der Waals surface area contributed by atoms with Crippen LogP contribution in [0.3, 0.4) is 0 Å². The fourth-order valence-electron chi connectivity index (χ4n) is 2.20. The lowest BCUT2D eigenvalue weighted by atomic mass is 10.2. The maximum atomic E-state index is 13.3. The maximum Gasteiger partial charge on any atom is 0.319 e. The fraction of sp³-hybridized carbons (Fsp3) is 0.188. The van der Waals surface area contributed by atoms with Crippen LogP contribution >= 0.6 is 0 Å². The van der Waals surface area contributed by atoms with Crippen LogP contribution in [0.1, 0.15) is 5.56 Å². The van der Waals surface area contributed by atoms with Crippen LogP contribution in [0.15, 0.2) is 41.6 Å². The first kappa shape index (κ1) is 16.5. The van der Waals surface area contributed by atoms with E-state index in [2.05, 4.69) is 20.1 Å². The highest BCUT2D eigenvalue weighted by molar-refractivity contribution is 5.63. The first-order valence-corrected chi connectivity index (χ1v) is 7.23. The Hall–Kier alpha value is -3.36. The molecule has 0 saturated carbocycles. The van der Waals surface area contributed by atoms with Gasteiger partial charge < -0.3 is 9.47 Å². The SMILES string of the molecule is COc1ncc(-c2ccc(=O)n(Cc3cncc(F)c3)n2)c(OC)n1. The van der Waals surface area contributed by atoms with E-state index in [1.165, 1.54) is 49.5 Å². The molecule has 9 heteroatoms. The fourth-order valence-corrected chi connectivity index (χ4v) is 2.20. The molecule has 0 aliphatic rings. The Morgan fingerprint density at radius 2 is 2.00 bits per heavy atom. The minimum Gasteiger partial charge on any atom is -0.480 e. The Labute approximate surface area is 141 Å². The molecule has 0 radical (unpaired) electrons. The summed E-state index contributed by atoms with van der Waals surface area (Å²) in [5.74, 6) is -0.219. The molecule has 3 aromatic heterocycles. The molecule has 0 aromatic carbocycles. The highest BCUT2D eigenvalue weighted by atomic mass is 19.1. The largest absolute Gasteiger partial charge is 0.480 e. The summed E-state index contributed by atoms with van der Waals surface area (Å²) in [5.41, 5.74) is 1.11. The van der Waals surface area contributed by atoms with Gasteiger partial charge in [-0.1, -0.05) is 0 Å². The molecule has 0 N–H and O–H groups in total. The zero-order valence-corrected chi connectivity index (χ0v) is 13.5. The number of methoxy groups -OCH3 is 2. The van der Waals surface area contributed by atoms with Gasteiger partial charge in [-0.3, -0.25) is 9.78 Å². The van der Waals surface area contributed by atoms with E-state index in [0.717, 1.165) is 6.20 Å². The van der Waals surface area contributed by atoms with E-state index in [1.54, 1.807) is 0 Å². The van der Waals surface area contributed by atoms with E-state index in [0.29, 0.717) is 16.8 Å². The van der Waals surface area contributed by atoms with Gasteiger partial charge in [-0.15, -0.1) is 0 Å². The van der Waals surface area contributed by atoms with Crippen LogP contribution < -0.4 is 15.0 Å². The third-order valence-corrected chi connectivity index (χ3v) is 3.34. The van der Waals surface area contributed by atoms with Crippen molar-refractivity contribution in [2.45, 2.75) is 6.54 Å². The molecule has 0 amide bonds. The summed E-state index contributed by atoms with van der Waals surface area (Å²) >= 11 is 0. The van der Waals surface area contributed by atoms with E-state index in [-0.39, 0.29) is 24.0 Å². The molecule has 128 valence electrons. The summed E-state index contributed by atoms with van der Waals surface area (Å²) in [7, 11) is 2.90. The van der Waals surface area contributed by atoms with E-state index in [1.807, 2.05) is 0 Å². The first-order chi connectivity index (χ1) is 12.1. The maximum absolute atomic E-state index is 13.3. The molecular weight excluding hydrogens is 329 g/mol. The lowest BCUT2D eigenvalue weighted by molar-refractivity contribution is 0.353. The number of halogens is 1. The van der Waals surface area contributed by atoms with Gasteiger partial charge in [-0.25, -0.2) is 14.1 Å². The number of rotatable bonds is 5. The zero-order chi connectivity index (χ0) is 17.8. The smallest absolute Gasteiger partial charge is 0.319 e. The van der Waals surface area contributed by atoms with Gasteiger partial charge in [-0.05, 0) is 17.7 Å². The van der Waals surface area contributed by atoms with E-state index in [4.69, 9.17) is 9.47 Å². The monoisotopic (exact) mass is 343 g/mol. The Morgan fingerprint density at radius 3 is 2.72 bits per heavy atom. The second-order valence-electron chi connectivity index (χ2n) is 5.01. The van der Waals surface area contributed by atoms with Crippen molar-refractivity contribution in [3.63, 3.8) is 0 Å². The summed E-state index contributed by atoms with van der Waals surface area (Å²) in [6, 6.07) is 4.35. The van der Waals surface area contributed by atoms with Gasteiger partial charge in [-0.2, -0.15) is 10.1 Å². The van der Waals surface area contributed by atoms with Crippen molar-refractivity contribution < 1.29 is 13.9 Å². The lowest BCUT2D eigenvalue weighted by Crippen LogP contribution is -2.23. The number of hydrogen-bond donors (Lipinski definition) is 0. The molecule has 0 aliphatic carbocycles. The molecule has 25 heavy (non-hydrogen) atoms. The van der Waals surface area contributed by atoms with Gasteiger partial charge in [0.15, 0.2) is 0 Å². The van der Waals surface area contributed by atoms with Gasteiger partial charge >= 0.3 is 6.01 Å². The third kappa shape index (κ3) is 3.60. The van der Waals surface area contributed by atoms with Crippen LogP contribution in [-0.4, -0.2) is 39.0 Å². The normalized spacial score (nSPS) is 10.5. The topological polar surface area (TPSA) is 92.0 Å². The van der Waals surface area contributed by atoms with Crippen LogP contribution in [0.4, 0.5) is 4.39 Å². The minimum absolute atomic E-state index is 0.0801. The quantitative estimate of drug-likeness (QED) is 0.689. The number of ether oxygens (including phenoxy) is 2. The van der Waals surface area contributed by atoms with Crippen molar-refractivity contribution in [2.24, 2.45) is 0 Å². The molecule has 0 unspecified atom stereocenters. The summed E-state index contributed by atoms with van der Waals surface area (Å²) in [6.45, 7) is 0.0801. The Bertz CT molecular complexity index is 960. The molecule has 0 bridgehead atoms. The van der Waals surface area contributed by atoms with Crippen LogP contribution in [0.2, 0.25) is 0 Å². The van der Waals surface area contributed by atoms with Gasteiger partial charge in [0, 0.05) is 18.5 Å². The van der Waals surface area contributed by atoms with Crippen molar-refractivity contribution in [3.05, 3.63) is 58.5 Å². The molecule has 0 saturated heterocycles. The second-order valence-corrected chi connectivity index (χ2v) is 5.01. The number of pyridine rings is 1. The highest BCUT2D eigenvalue weighted by Crippen LogP contribution is 2.26. The van der Waals surface area contributed by atoms with E-state index in [9.17, 15) is 9.18 Å². The molecule has 0 aliphatic heterocycles.